The molecule has 28 heavy (non-hydrogen) atoms. The molecule has 4 aliphatic heterocycles. The van der Waals surface area contributed by atoms with E-state index in [0.717, 1.165) is 35.5 Å². The van der Waals surface area contributed by atoms with Gasteiger partial charge in [0.05, 0.1) is 10.2 Å². The van der Waals surface area contributed by atoms with Crippen LogP contribution in [-0.2, 0) is 19.2 Å². The zero-order valence-corrected chi connectivity index (χ0v) is 17.3. The van der Waals surface area contributed by atoms with E-state index in [1.54, 1.807) is 11.3 Å². The minimum absolute atomic E-state index is 0.220. The van der Waals surface area contributed by atoms with Gasteiger partial charge in [-0.15, -0.1) is 11.3 Å². The Labute approximate surface area is 168 Å². The number of fused-ring (bicyclic) bond motifs is 3. The summed E-state index contributed by atoms with van der Waals surface area (Å²) in [7, 11) is 0. The van der Waals surface area contributed by atoms with Crippen molar-refractivity contribution in [1.29, 1.82) is 0 Å². The molecule has 1 aromatic carbocycles. The summed E-state index contributed by atoms with van der Waals surface area (Å²) in [5.74, 6) is 1.27. The van der Waals surface area contributed by atoms with E-state index < -0.39 is 17.7 Å². The van der Waals surface area contributed by atoms with Crippen LogP contribution in [0.3, 0.4) is 0 Å². The molecule has 5 heterocycles. The first-order valence-corrected chi connectivity index (χ1v) is 11.1. The maximum absolute atomic E-state index is 6.57. The van der Waals surface area contributed by atoms with Crippen LogP contribution in [0.25, 0.3) is 16.0 Å². The van der Waals surface area contributed by atoms with Crippen LogP contribution < -0.4 is 0 Å². The molecule has 1 aromatic heterocycles. The summed E-state index contributed by atoms with van der Waals surface area (Å²) in [6.07, 6.45) is 3.65. The predicted molar refractivity (Wildman–Crippen MR) is 106 cm³/mol. The van der Waals surface area contributed by atoms with Crippen molar-refractivity contribution < 1.29 is 19.2 Å². The van der Waals surface area contributed by atoms with E-state index in [-0.39, 0.29) is 5.92 Å². The molecule has 5 nitrogen and oxygen atoms in total. The lowest BCUT2D eigenvalue weighted by Gasteiger charge is -2.57. The summed E-state index contributed by atoms with van der Waals surface area (Å²) >= 11 is 1.68. The molecule has 0 amide bonds. The Morgan fingerprint density at radius 2 is 2.00 bits per heavy atom. The normalized spacial score (nSPS) is 42.2. The minimum atomic E-state index is -0.749. The van der Waals surface area contributed by atoms with Crippen molar-refractivity contribution in [3.05, 3.63) is 34.8 Å². The van der Waals surface area contributed by atoms with E-state index in [4.69, 9.17) is 24.2 Å². The molecule has 6 atom stereocenters. The van der Waals surface area contributed by atoms with Crippen LogP contribution in [0.1, 0.15) is 51.5 Å². The molecule has 1 spiro atoms. The first-order valence-electron chi connectivity index (χ1n) is 10.3. The van der Waals surface area contributed by atoms with Gasteiger partial charge in [-0.1, -0.05) is 19.1 Å². The van der Waals surface area contributed by atoms with Crippen molar-refractivity contribution in [3.8, 4) is 0 Å². The highest BCUT2D eigenvalue weighted by Crippen LogP contribution is 2.61. The highest BCUT2D eigenvalue weighted by Gasteiger charge is 2.68. The summed E-state index contributed by atoms with van der Waals surface area (Å²) in [4.78, 5) is 16.9. The third kappa shape index (κ3) is 2.20. The van der Waals surface area contributed by atoms with Gasteiger partial charge in [0.1, 0.15) is 0 Å². The Morgan fingerprint density at radius 1 is 1.14 bits per heavy atom. The molecule has 4 fully saturated rings. The standard InChI is InChI=1S/C22H25NO4S/c1-12-8-9-15-13(2)18(19-23-16-6-4-5-7-17(16)28-19)24-20-22(15)14(12)10-11-21(3,25-20)26-27-22/h4-7,12,14-15,20H,8-11H2,1-3H3/t12-,14+,15+,20?,21?,22-/m1/s1. The number of benzene rings is 1. The van der Waals surface area contributed by atoms with Gasteiger partial charge in [-0.3, -0.25) is 0 Å². The third-order valence-corrected chi connectivity index (χ3v) is 8.35. The van der Waals surface area contributed by atoms with Gasteiger partial charge < -0.3 is 9.47 Å². The lowest BCUT2D eigenvalue weighted by Crippen LogP contribution is -2.66. The molecule has 2 aromatic rings. The highest BCUT2D eigenvalue weighted by molar-refractivity contribution is 7.19. The number of hydrogen-bond acceptors (Lipinski definition) is 6. The van der Waals surface area contributed by atoms with Crippen molar-refractivity contribution in [2.75, 3.05) is 0 Å². The van der Waals surface area contributed by atoms with E-state index in [9.17, 15) is 0 Å². The molecule has 0 radical (unpaired) electrons. The fraction of sp³-hybridized carbons (Fsp3) is 0.591. The summed E-state index contributed by atoms with van der Waals surface area (Å²) in [5, 5.41) is 0.929. The van der Waals surface area contributed by atoms with Crippen molar-refractivity contribution in [3.63, 3.8) is 0 Å². The van der Waals surface area contributed by atoms with Crippen LogP contribution >= 0.6 is 11.3 Å². The Balaban J connectivity index is 1.51. The average molecular weight is 400 g/mol. The van der Waals surface area contributed by atoms with Crippen LogP contribution in [0.5, 0.6) is 0 Å². The molecule has 3 saturated heterocycles. The van der Waals surface area contributed by atoms with E-state index in [2.05, 4.69) is 32.0 Å². The summed E-state index contributed by atoms with van der Waals surface area (Å²) < 4.78 is 14.2. The van der Waals surface area contributed by atoms with E-state index in [0.29, 0.717) is 11.8 Å². The summed E-state index contributed by atoms with van der Waals surface area (Å²) in [6, 6.07) is 8.23. The van der Waals surface area contributed by atoms with Crippen molar-refractivity contribution >= 4 is 27.3 Å². The number of aromatic nitrogens is 1. The zero-order valence-electron chi connectivity index (χ0n) is 16.4. The fourth-order valence-corrected chi connectivity index (χ4v) is 6.82. The number of hydrogen-bond donors (Lipinski definition) is 0. The van der Waals surface area contributed by atoms with E-state index in [1.165, 1.54) is 16.7 Å². The molecule has 5 aliphatic rings. The number of ether oxygens (including phenoxy) is 2. The smallest absolute Gasteiger partial charge is 0.236 e. The third-order valence-electron chi connectivity index (χ3n) is 7.31. The predicted octanol–water partition coefficient (Wildman–Crippen LogP) is 5.27. The monoisotopic (exact) mass is 399 g/mol. The molecule has 2 unspecified atom stereocenters. The maximum Gasteiger partial charge on any atom is 0.236 e. The van der Waals surface area contributed by atoms with Crippen LogP contribution in [-0.4, -0.2) is 22.7 Å². The summed E-state index contributed by atoms with van der Waals surface area (Å²) in [5.41, 5.74) is 1.67. The Bertz CT molecular complexity index is 953. The van der Waals surface area contributed by atoms with Gasteiger partial charge in [-0.05, 0) is 56.7 Å². The van der Waals surface area contributed by atoms with Gasteiger partial charge in [0.15, 0.2) is 16.4 Å². The molecule has 2 bridgehead atoms. The topological polar surface area (TPSA) is 49.8 Å². The minimum Gasteiger partial charge on any atom is -0.458 e. The van der Waals surface area contributed by atoms with Gasteiger partial charge in [-0.25, -0.2) is 14.8 Å². The van der Waals surface area contributed by atoms with Gasteiger partial charge in [0.25, 0.3) is 0 Å². The quantitative estimate of drug-likeness (QED) is 0.611. The van der Waals surface area contributed by atoms with Crippen LogP contribution in [0.2, 0.25) is 0 Å². The summed E-state index contributed by atoms with van der Waals surface area (Å²) in [6.45, 7) is 6.47. The SMILES string of the molecule is CC1=C(c2nc3ccccc3s2)OC2OC3(C)CC[C@H]4[C@H](C)CC[C@@H]1[C@@]24OO3. The second kappa shape index (κ2) is 5.79. The molecule has 0 N–H and O–H groups in total. The van der Waals surface area contributed by atoms with Crippen LogP contribution in [0.4, 0.5) is 0 Å². The second-order valence-corrected chi connectivity index (χ2v) is 10.0. The molecule has 1 saturated carbocycles. The average Bonchev–Trinajstić information content (AvgIpc) is 2.99. The maximum atomic E-state index is 6.57. The van der Waals surface area contributed by atoms with Gasteiger partial charge in [-0.2, -0.15) is 0 Å². The first-order chi connectivity index (χ1) is 13.5. The highest BCUT2D eigenvalue weighted by atomic mass is 32.1. The number of thiazole rings is 1. The first kappa shape index (κ1) is 17.4. The largest absolute Gasteiger partial charge is 0.458 e. The van der Waals surface area contributed by atoms with Crippen LogP contribution in [0.15, 0.2) is 29.8 Å². The van der Waals surface area contributed by atoms with Gasteiger partial charge in [0.2, 0.25) is 12.1 Å². The molecule has 7 rings (SSSR count). The molecule has 1 aliphatic carbocycles. The van der Waals surface area contributed by atoms with Crippen molar-refractivity contribution in [1.82, 2.24) is 4.98 Å². The Morgan fingerprint density at radius 3 is 2.86 bits per heavy atom. The number of rotatable bonds is 1. The van der Waals surface area contributed by atoms with E-state index >= 15 is 0 Å². The van der Waals surface area contributed by atoms with E-state index in [1.807, 2.05) is 13.0 Å². The van der Waals surface area contributed by atoms with Gasteiger partial charge >= 0.3 is 0 Å². The fourth-order valence-electron chi connectivity index (χ4n) is 5.80. The van der Waals surface area contributed by atoms with Gasteiger partial charge in [0, 0.05) is 18.3 Å². The molecular formula is C22H25NO4S. The molecule has 148 valence electrons. The molecular weight excluding hydrogens is 374 g/mol. The molecule has 6 heteroatoms. The van der Waals surface area contributed by atoms with Crippen molar-refractivity contribution in [2.24, 2.45) is 17.8 Å². The Kier molecular flexibility index (Phi) is 3.59. The Hall–Kier alpha value is -1.47. The van der Waals surface area contributed by atoms with Crippen LogP contribution in [0, 0.1) is 17.8 Å². The number of para-hydroxylation sites is 1. The lowest BCUT2D eigenvalue weighted by molar-refractivity contribution is -0.553. The zero-order chi connectivity index (χ0) is 19.1. The lowest BCUT2D eigenvalue weighted by atomic mass is 9.59. The second-order valence-electron chi connectivity index (χ2n) is 8.97. The van der Waals surface area contributed by atoms with Crippen molar-refractivity contribution in [2.45, 2.75) is 64.1 Å². The number of nitrogens with zero attached hydrogens (tertiary/aromatic N) is 1.